The Labute approximate surface area is 119 Å². The fourth-order valence-corrected chi connectivity index (χ4v) is 1.73. The van der Waals surface area contributed by atoms with Gasteiger partial charge in [0.15, 0.2) is 0 Å². The highest BCUT2D eigenvalue weighted by Gasteiger charge is 2.14. The number of para-hydroxylation sites is 1. The summed E-state index contributed by atoms with van der Waals surface area (Å²) < 4.78 is 34.1. The van der Waals surface area contributed by atoms with E-state index >= 15 is 0 Å². The number of furan rings is 1. The van der Waals surface area contributed by atoms with Crippen LogP contribution in [0.3, 0.4) is 0 Å². The molecule has 0 saturated carbocycles. The number of nitrogens with one attached hydrogen (secondary N) is 2. The van der Waals surface area contributed by atoms with Crippen molar-refractivity contribution >= 4 is 11.7 Å². The summed E-state index contributed by atoms with van der Waals surface area (Å²) in [6.45, 7) is -1.09. The molecule has 1 aromatic heterocycles. The topological polar surface area (TPSA) is 63.5 Å². The number of benzene rings is 1. The summed E-state index contributed by atoms with van der Waals surface area (Å²) in [7, 11) is 0. The van der Waals surface area contributed by atoms with Crippen LogP contribution in [0.5, 0.6) is 5.75 Å². The fourth-order valence-electron chi connectivity index (χ4n) is 1.73. The van der Waals surface area contributed by atoms with Gasteiger partial charge in [-0.05, 0) is 30.7 Å². The Morgan fingerprint density at radius 3 is 2.81 bits per heavy atom. The molecule has 0 bridgehead atoms. The van der Waals surface area contributed by atoms with Crippen molar-refractivity contribution in [2.24, 2.45) is 0 Å². The maximum Gasteiger partial charge on any atom is 0.387 e. The van der Waals surface area contributed by atoms with Crippen LogP contribution < -0.4 is 15.4 Å². The molecule has 21 heavy (non-hydrogen) atoms. The average Bonchev–Trinajstić information content (AvgIpc) is 2.93. The number of ether oxygens (including phenoxy) is 1. The maximum absolute atomic E-state index is 12.3. The number of rotatable bonds is 5. The molecular weight excluding hydrogens is 282 g/mol. The van der Waals surface area contributed by atoms with Gasteiger partial charge in [0.25, 0.3) is 0 Å². The molecule has 0 saturated heterocycles. The van der Waals surface area contributed by atoms with Crippen molar-refractivity contribution in [3.05, 3.63) is 47.9 Å². The van der Waals surface area contributed by atoms with Gasteiger partial charge in [-0.2, -0.15) is 8.78 Å². The van der Waals surface area contributed by atoms with E-state index in [0.717, 1.165) is 0 Å². The Bertz CT molecular complexity index is 600. The zero-order chi connectivity index (χ0) is 15.2. The number of alkyl halides is 2. The molecule has 2 aromatic rings. The maximum atomic E-state index is 12.3. The molecule has 0 aliphatic heterocycles. The van der Waals surface area contributed by atoms with Crippen LogP contribution in [0, 0.1) is 6.92 Å². The predicted molar refractivity (Wildman–Crippen MR) is 72.4 cm³/mol. The van der Waals surface area contributed by atoms with Crippen LogP contribution in [0.4, 0.5) is 19.3 Å². The second-order valence-electron chi connectivity index (χ2n) is 4.21. The van der Waals surface area contributed by atoms with Gasteiger partial charge in [-0.3, -0.25) is 0 Å². The van der Waals surface area contributed by atoms with Gasteiger partial charge in [-0.15, -0.1) is 0 Å². The van der Waals surface area contributed by atoms with E-state index in [1.165, 1.54) is 12.3 Å². The van der Waals surface area contributed by atoms with Gasteiger partial charge >= 0.3 is 12.6 Å². The third kappa shape index (κ3) is 4.20. The smallest absolute Gasteiger partial charge is 0.387 e. The van der Waals surface area contributed by atoms with Crippen LogP contribution in [-0.4, -0.2) is 12.6 Å². The van der Waals surface area contributed by atoms with Crippen molar-refractivity contribution in [3.63, 3.8) is 0 Å². The van der Waals surface area contributed by atoms with Gasteiger partial charge in [-0.25, -0.2) is 4.79 Å². The number of aryl methyl sites for hydroxylation is 1. The number of halogens is 2. The summed E-state index contributed by atoms with van der Waals surface area (Å²) in [6, 6.07) is 7.48. The first kappa shape index (κ1) is 14.8. The van der Waals surface area contributed by atoms with Crippen LogP contribution in [-0.2, 0) is 6.54 Å². The van der Waals surface area contributed by atoms with E-state index in [-0.39, 0.29) is 18.0 Å². The molecule has 112 valence electrons. The minimum atomic E-state index is -2.96. The lowest BCUT2D eigenvalue weighted by Gasteiger charge is -2.14. The highest BCUT2D eigenvalue weighted by atomic mass is 19.3. The van der Waals surface area contributed by atoms with E-state index in [9.17, 15) is 13.6 Å². The Kier molecular flexibility index (Phi) is 4.76. The van der Waals surface area contributed by atoms with Crippen molar-refractivity contribution < 1.29 is 22.7 Å². The number of carbonyl (C=O) groups is 1. The monoisotopic (exact) mass is 296 g/mol. The van der Waals surface area contributed by atoms with Crippen LogP contribution >= 0.6 is 0 Å². The summed E-state index contributed by atoms with van der Waals surface area (Å²) in [5.74, 6) is 0.497. The quantitative estimate of drug-likeness (QED) is 0.887. The number of anilines is 1. The third-order valence-electron chi connectivity index (χ3n) is 2.69. The summed E-state index contributed by atoms with van der Waals surface area (Å²) >= 11 is 0. The third-order valence-corrected chi connectivity index (χ3v) is 2.69. The first-order valence-corrected chi connectivity index (χ1v) is 6.18. The number of hydrogen-bond donors (Lipinski definition) is 2. The van der Waals surface area contributed by atoms with E-state index in [2.05, 4.69) is 15.4 Å². The molecule has 5 nitrogen and oxygen atoms in total. The summed E-state index contributed by atoms with van der Waals surface area (Å²) in [5, 5.41) is 5.05. The molecule has 0 spiro atoms. The van der Waals surface area contributed by atoms with Gasteiger partial charge in [0.2, 0.25) is 0 Å². The first-order valence-electron chi connectivity index (χ1n) is 6.18. The van der Waals surface area contributed by atoms with E-state index in [0.29, 0.717) is 11.3 Å². The van der Waals surface area contributed by atoms with E-state index in [1.54, 1.807) is 31.2 Å². The fraction of sp³-hybridized carbons (Fsp3) is 0.214. The minimum absolute atomic E-state index is 0.0850. The highest BCUT2D eigenvalue weighted by Crippen LogP contribution is 2.29. The van der Waals surface area contributed by atoms with Crippen LogP contribution in [0.25, 0.3) is 0 Å². The summed E-state index contributed by atoms with van der Waals surface area (Å²) in [4.78, 5) is 11.8. The first-order chi connectivity index (χ1) is 10.1. The van der Waals surface area contributed by atoms with E-state index < -0.39 is 12.6 Å². The Morgan fingerprint density at radius 1 is 1.33 bits per heavy atom. The molecule has 0 atom stereocenters. The lowest BCUT2D eigenvalue weighted by molar-refractivity contribution is -0.0493. The van der Waals surface area contributed by atoms with Gasteiger partial charge in [0.05, 0.1) is 18.5 Å². The Hall–Kier alpha value is -2.57. The van der Waals surface area contributed by atoms with Crippen LogP contribution in [0.1, 0.15) is 11.3 Å². The van der Waals surface area contributed by atoms with Crippen molar-refractivity contribution in [2.75, 3.05) is 5.32 Å². The lowest BCUT2D eigenvalue weighted by Crippen LogP contribution is -2.28. The molecule has 0 radical (unpaired) electrons. The summed E-state index contributed by atoms with van der Waals surface area (Å²) in [6.07, 6.45) is 1.49. The number of hydrogen-bond acceptors (Lipinski definition) is 3. The average molecular weight is 296 g/mol. The Balaban J connectivity index is 2.02. The molecular formula is C14H14F2N2O3. The van der Waals surface area contributed by atoms with Crippen molar-refractivity contribution in [1.29, 1.82) is 0 Å². The lowest BCUT2D eigenvalue weighted by atomic mass is 10.2. The molecule has 0 unspecified atom stereocenters. The van der Waals surface area contributed by atoms with E-state index in [1.807, 2.05) is 0 Å². The normalized spacial score (nSPS) is 10.5. The van der Waals surface area contributed by atoms with Gasteiger partial charge in [0.1, 0.15) is 11.5 Å². The molecule has 2 amide bonds. The molecule has 0 fully saturated rings. The predicted octanol–water partition coefficient (Wildman–Crippen LogP) is 3.51. The molecule has 1 heterocycles. The molecule has 7 heteroatoms. The van der Waals surface area contributed by atoms with E-state index in [4.69, 9.17) is 4.42 Å². The van der Waals surface area contributed by atoms with Gasteiger partial charge < -0.3 is 19.8 Å². The van der Waals surface area contributed by atoms with Crippen molar-refractivity contribution in [2.45, 2.75) is 20.1 Å². The van der Waals surface area contributed by atoms with Gasteiger partial charge in [-0.1, -0.05) is 12.1 Å². The zero-order valence-electron chi connectivity index (χ0n) is 11.2. The van der Waals surface area contributed by atoms with Gasteiger partial charge in [0, 0.05) is 0 Å². The number of amides is 2. The van der Waals surface area contributed by atoms with Crippen LogP contribution in [0.15, 0.2) is 41.0 Å². The molecule has 2 rings (SSSR count). The second kappa shape index (κ2) is 6.74. The Morgan fingerprint density at radius 2 is 2.14 bits per heavy atom. The SMILES string of the molecule is Cc1cccc(OC(F)F)c1NC(=O)NCc1ccco1. The molecule has 2 N–H and O–H groups in total. The van der Waals surface area contributed by atoms with Crippen molar-refractivity contribution in [1.82, 2.24) is 5.32 Å². The number of carbonyl (C=O) groups excluding carboxylic acids is 1. The van der Waals surface area contributed by atoms with Crippen molar-refractivity contribution in [3.8, 4) is 5.75 Å². The highest BCUT2D eigenvalue weighted by molar-refractivity contribution is 5.91. The molecule has 1 aromatic carbocycles. The van der Waals surface area contributed by atoms with Crippen LogP contribution in [0.2, 0.25) is 0 Å². The standard InChI is InChI=1S/C14H14F2N2O3/c1-9-4-2-6-11(21-13(15)16)12(9)18-14(19)17-8-10-5-3-7-20-10/h2-7,13H,8H2,1H3,(H2,17,18,19). The summed E-state index contributed by atoms with van der Waals surface area (Å²) in [5.41, 5.74) is 0.816. The largest absolute Gasteiger partial charge is 0.467 e. The minimum Gasteiger partial charge on any atom is -0.467 e. The number of urea groups is 1. The zero-order valence-corrected chi connectivity index (χ0v) is 11.2. The second-order valence-corrected chi connectivity index (χ2v) is 4.21. The molecule has 0 aliphatic rings. The molecule has 0 aliphatic carbocycles.